The molecule has 3 aliphatic heterocycles. The van der Waals surface area contributed by atoms with E-state index < -0.39 is 5.97 Å². The summed E-state index contributed by atoms with van der Waals surface area (Å²) in [4.78, 5) is 16.6. The Morgan fingerprint density at radius 3 is 2.97 bits per heavy atom. The quantitative estimate of drug-likeness (QED) is 0.789. The van der Waals surface area contributed by atoms with E-state index in [4.69, 9.17) is 0 Å². The van der Waals surface area contributed by atoms with Gasteiger partial charge in [-0.2, -0.15) is 5.10 Å². The number of carbonyl (C=O) groups is 1. The molecular weight excluding hydrogens is 383 g/mol. The van der Waals surface area contributed by atoms with Gasteiger partial charge in [0.1, 0.15) is 11.5 Å². The molecule has 0 aliphatic carbocycles. The summed E-state index contributed by atoms with van der Waals surface area (Å²) in [6, 6.07) is 8.04. The van der Waals surface area contributed by atoms with Crippen LogP contribution in [0, 0.1) is 17.7 Å². The van der Waals surface area contributed by atoms with Crippen LogP contribution in [0.3, 0.4) is 0 Å². The molecule has 4 heterocycles. The Balaban J connectivity index is 1.38. The Morgan fingerprint density at radius 2 is 2.13 bits per heavy atom. The Labute approximate surface area is 176 Å². The average Bonchev–Trinajstić information content (AvgIpc) is 3.20. The van der Waals surface area contributed by atoms with Crippen molar-refractivity contribution in [2.75, 3.05) is 19.6 Å². The minimum atomic E-state index is -0.956. The van der Waals surface area contributed by atoms with Crippen LogP contribution in [0.25, 0.3) is 0 Å². The Kier molecular flexibility index (Phi) is 5.33. The Bertz CT molecular complexity index is 916. The van der Waals surface area contributed by atoms with Crippen LogP contribution < -0.4 is 0 Å². The first-order chi connectivity index (χ1) is 14.6. The molecule has 2 bridgehead atoms. The summed E-state index contributed by atoms with van der Waals surface area (Å²) >= 11 is 0. The first kappa shape index (κ1) is 19.7. The zero-order valence-electron chi connectivity index (χ0n) is 17.1. The first-order valence-electron chi connectivity index (χ1n) is 11.1. The number of benzene rings is 1. The van der Waals surface area contributed by atoms with Crippen LogP contribution in [0.5, 0.6) is 0 Å². The molecule has 2 N–H and O–H groups in total. The van der Waals surface area contributed by atoms with E-state index in [2.05, 4.69) is 20.0 Å². The highest BCUT2D eigenvalue weighted by atomic mass is 19.1. The van der Waals surface area contributed by atoms with Gasteiger partial charge in [0.05, 0.1) is 6.20 Å². The standard InChI is InChI=1S/C23H29FN4O2/c24-19-5-3-4-15(8-19)9-21-17-10-16(20-6-1-2-7-28(20)21)12-27(13-17)14-18-11-25-26-22(18)23(29)30/h3-5,8,11,16-17,20-21H,1-2,6-7,9-10,12-14H2,(H,25,26)(H,29,30)/t16-,17+,20+,21+/m1/s1. The van der Waals surface area contributed by atoms with E-state index in [1.165, 1.54) is 31.7 Å². The number of aromatic carboxylic acids is 1. The fourth-order valence-electron chi connectivity index (χ4n) is 6.18. The van der Waals surface area contributed by atoms with Crippen molar-refractivity contribution in [2.24, 2.45) is 11.8 Å². The number of likely N-dealkylation sites (tertiary alicyclic amines) is 1. The van der Waals surface area contributed by atoms with E-state index >= 15 is 0 Å². The molecule has 6 nitrogen and oxygen atoms in total. The molecular formula is C23H29FN4O2. The Hall–Kier alpha value is -2.25. The zero-order chi connectivity index (χ0) is 20.7. The molecule has 0 amide bonds. The van der Waals surface area contributed by atoms with Crippen LogP contribution in [-0.2, 0) is 13.0 Å². The number of carboxylic acids is 1. The molecule has 3 aliphatic rings. The molecule has 160 valence electrons. The SMILES string of the molecule is O=C(O)c1[nH]ncc1CN1C[C@H]2C[C@@H](C1)[C@H](Cc1cccc(F)c1)N1CCCC[C@@H]21. The predicted molar refractivity (Wildman–Crippen MR) is 111 cm³/mol. The summed E-state index contributed by atoms with van der Waals surface area (Å²) in [6.07, 6.45) is 7.50. The maximum absolute atomic E-state index is 13.8. The van der Waals surface area contributed by atoms with Crippen molar-refractivity contribution in [3.8, 4) is 0 Å². The monoisotopic (exact) mass is 412 g/mol. The molecule has 5 rings (SSSR count). The number of fused-ring (bicyclic) bond motifs is 4. The van der Waals surface area contributed by atoms with Crippen LogP contribution in [-0.4, -0.2) is 62.8 Å². The highest BCUT2D eigenvalue weighted by Crippen LogP contribution is 2.42. The lowest BCUT2D eigenvalue weighted by Crippen LogP contribution is -2.63. The highest BCUT2D eigenvalue weighted by molar-refractivity contribution is 5.86. The number of hydrogen-bond donors (Lipinski definition) is 2. The molecule has 0 saturated carbocycles. The number of hydrogen-bond acceptors (Lipinski definition) is 4. The van der Waals surface area contributed by atoms with Crippen molar-refractivity contribution in [1.29, 1.82) is 0 Å². The lowest BCUT2D eigenvalue weighted by molar-refractivity contribution is -0.0730. The number of rotatable bonds is 5. The molecule has 3 saturated heterocycles. The predicted octanol–water partition coefficient (Wildman–Crippen LogP) is 3.16. The van der Waals surface area contributed by atoms with Gasteiger partial charge in [0.2, 0.25) is 0 Å². The average molecular weight is 413 g/mol. The van der Waals surface area contributed by atoms with Crippen molar-refractivity contribution in [2.45, 2.75) is 50.7 Å². The van der Waals surface area contributed by atoms with Gasteiger partial charge >= 0.3 is 5.97 Å². The summed E-state index contributed by atoms with van der Waals surface area (Å²) in [7, 11) is 0. The second-order valence-electron chi connectivity index (χ2n) is 9.23. The van der Waals surface area contributed by atoms with E-state index in [-0.39, 0.29) is 11.5 Å². The summed E-state index contributed by atoms with van der Waals surface area (Å²) < 4.78 is 13.8. The number of nitrogens with one attached hydrogen (secondary N) is 1. The second kappa shape index (κ2) is 8.12. The molecule has 3 fully saturated rings. The van der Waals surface area contributed by atoms with Gasteiger partial charge < -0.3 is 5.11 Å². The van der Waals surface area contributed by atoms with Crippen molar-refractivity contribution >= 4 is 5.97 Å². The van der Waals surface area contributed by atoms with Gasteiger partial charge in [-0.15, -0.1) is 0 Å². The fraction of sp³-hybridized carbons (Fsp3) is 0.565. The van der Waals surface area contributed by atoms with E-state index in [1.807, 2.05) is 12.1 Å². The topological polar surface area (TPSA) is 72.5 Å². The van der Waals surface area contributed by atoms with E-state index in [0.717, 1.165) is 37.2 Å². The van der Waals surface area contributed by atoms with Crippen molar-refractivity contribution in [3.05, 3.63) is 53.1 Å². The van der Waals surface area contributed by atoms with E-state index in [9.17, 15) is 14.3 Å². The molecule has 0 unspecified atom stereocenters. The van der Waals surface area contributed by atoms with Gasteiger partial charge in [0, 0.05) is 37.3 Å². The van der Waals surface area contributed by atoms with Crippen molar-refractivity contribution in [1.82, 2.24) is 20.0 Å². The molecule has 1 aromatic carbocycles. The molecule has 1 aromatic heterocycles. The molecule has 0 radical (unpaired) electrons. The van der Waals surface area contributed by atoms with Crippen LogP contribution in [0.1, 0.15) is 47.3 Å². The van der Waals surface area contributed by atoms with Crippen LogP contribution >= 0.6 is 0 Å². The number of nitrogens with zero attached hydrogens (tertiary/aromatic N) is 3. The summed E-state index contributed by atoms with van der Waals surface area (Å²) in [5, 5.41) is 16.0. The number of carboxylic acid groups (broad SMARTS) is 1. The number of piperidine rings is 3. The van der Waals surface area contributed by atoms with Gasteiger partial charge in [-0.1, -0.05) is 18.6 Å². The number of aromatic nitrogens is 2. The summed E-state index contributed by atoms with van der Waals surface area (Å²) in [5.41, 5.74) is 2.02. The minimum Gasteiger partial charge on any atom is -0.477 e. The van der Waals surface area contributed by atoms with Crippen LogP contribution in [0.15, 0.2) is 30.5 Å². The maximum atomic E-state index is 13.8. The summed E-state index contributed by atoms with van der Waals surface area (Å²) in [6.45, 7) is 3.71. The minimum absolute atomic E-state index is 0.164. The summed E-state index contributed by atoms with van der Waals surface area (Å²) in [5.74, 6) is 0.0134. The lowest BCUT2D eigenvalue weighted by Gasteiger charge is -2.57. The normalized spacial score (nSPS) is 29.5. The first-order valence-corrected chi connectivity index (χ1v) is 11.1. The third-order valence-corrected chi connectivity index (χ3v) is 7.36. The molecule has 0 spiro atoms. The largest absolute Gasteiger partial charge is 0.477 e. The fourth-order valence-corrected chi connectivity index (χ4v) is 6.18. The molecule has 30 heavy (non-hydrogen) atoms. The van der Waals surface area contributed by atoms with Gasteiger partial charge in [-0.25, -0.2) is 9.18 Å². The third kappa shape index (κ3) is 3.76. The molecule has 2 aromatic rings. The molecule has 4 atom stereocenters. The number of aromatic amines is 1. The van der Waals surface area contributed by atoms with Gasteiger partial charge in [0.15, 0.2) is 0 Å². The van der Waals surface area contributed by atoms with Crippen LogP contribution in [0.2, 0.25) is 0 Å². The number of H-pyrrole nitrogens is 1. The highest BCUT2D eigenvalue weighted by Gasteiger charge is 2.47. The molecule has 7 heteroatoms. The smallest absolute Gasteiger partial charge is 0.354 e. The third-order valence-electron chi connectivity index (χ3n) is 7.36. The van der Waals surface area contributed by atoms with Crippen LogP contribution in [0.4, 0.5) is 4.39 Å². The maximum Gasteiger partial charge on any atom is 0.354 e. The van der Waals surface area contributed by atoms with Crippen molar-refractivity contribution < 1.29 is 14.3 Å². The number of halogens is 1. The van der Waals surface area contributed by atoms with Gasteiger partial charge in [0.25, 0.3) is 0 Å². The van der Waals surface area contributed by atoms with E-state index in [0.29, 0.717) is 30.5 Å². The zero-order valence-corrected chi connectivity index (χ0v) is 17.1. The van der Waals surface area contributed by atoms with E-state index in [1.54, 1.807) is 12.3 Å². The lowest BCUT2D eigenvalue weighted by atomic mass is 9.71. The second-order valence-corrected chi connectivity index (χ2v) is 9.23. The van der Waals surface area contributed by atoms with Crippen molar-refractivity contribution in [3.63, 3.8) is 0 Å². The van der Waals surface area contributed by atoms with Gasteiger partial charge in [-0.3, -0.25) is 14.9 Å². The van der Waals surface area contributed by atoms with Gasteiger partial charge in [-0.05, 0) is 61.8 Å². The Morgan fingerprint density at radius 1 is 1.27 bits per heavy atom.